The molecule has 0 fully saturated rings. The van der Waals surface area contributed by atoms with Gasteiger partial charge in [0.1, 0.15) is 11.5 Å². The standard InChI is InChI=1S/C23H21N5O4.Co/c1-14(25-27-22(31)16-8-3-5-12-20(16)29)18-10-7-11-19(24-18)15(2)26-28-23(32)17-9-4-6-13-21(17)30;/h3-13,29-30H,1-2H3,(H,27,31)(H,28,32);/q;+2. The Morgan fingerprint density at radius 1 is 0.697 bits per heavy atom. The summed E-state index contributed by atoms with van der Waals surface area (Å²) < 4.78 is 0. The topological polar surface area (TPSA) is 136 Å². The van der Waals surface area contributed by atoms with E-state index in [9.17, 15) is 19.8 Å². The molecule has 0 spiro atoms. The van der Waals surface area contributed by atoms with Gasteiger partial charge in [0.05, 0.1) is 33.9 Å². The van der Waals surface area contributed by atoms with Crippen molar-refractivity contribution in [3.8, 4) is 11.5 Å². The Balaban J connectivity index is 0.00000385. The van der Waals surface area contributed by atoms with Gasteiger partial charge >= 0.3 is 16.8 Å². The number of aromatic nitrogens is 1. The molecule has 4 N–H and O–H groups in total. The first-order valence-electron chi connectivity index (χ1n) is 9.60. The van der Waals surface area contributed by atoms with E-state index in [1.54, 1.807) is 56.3 Å². The summed E-state index contributed by atoms with van der Waals surface area (Å²) in [7, 11) is 0. The summed E-state index contributed by atoms with van der Waals surface area (Å²) in [6.07, 6.45) is 0. The molecule has 0 aliphatic heterocycles. The molecule has 10 heteroatoms. The third-order valence-corrected chi connectivity index (χ3v) is 4.44. The van der Waals surface area contributed by atoms with Gasteiger partial charge in [0.15, 0.2) is 0 Å². The molecule has 1 radical (unpaired) electrons. The molecule has 33 heavy (non-hydrogen) atoms. The first-order valence-corrected chi connectivity index (χ1v) is 9.60. The Morgan fingerprint density at radius 2 is 1.09 bits per heavy atom. The maximum atomic E-state index is 12.2. The van der Waals surface area contributed by atoms with Crippen molar-refractivity contribution in [3.63, 3.8) is 0 Å². The molecular weight excluding hydrogens is 469 g/mol. The van der Waals surface area contributed by atoms with Crippen molar-refractivity contribution in [1.29, 1.82) is 0 Å². The van der Waals surface area contributed by atoms with Gasteiger partial charge in [-0.15, -0.1) is 0 Å². The van der Waals surface area contributed by atoms with Crippen molar-refractivity contribution in [3.05, 3.63) is 89.2 Å². The molecule has 2 amide bonds. The second kappa shape index (κ2) is 11.6. The molecule has 9 nitrogen and oxygen atoms in total. The maximum absolute atomic E-state index is 12.2. The number of hydrogen-bond donors (Lipinski definition) is 4. The van der Waals surface area contributed by atoms with Crippen LogP contribution in [0.4, 0.5) is 0 Å². The minimum absolute atomic E-state index is 0. The van der Waals surface area contributed by atoms with Gasteiger partial charge in [-0.25, -0.2) is 15.8 Å². The molecule has 0 saturated heterocycles. The quantitative estimate of drug-likeness (QED) is 0.311. The van der Waals surface area contributed by atoms with Gasteiger partial charge < -0.3 is 10.2 Å². The first kappa shape index (κ1) is 25.2. The number of nitrogens with zero attached hydrogens (tertiary/aromatic N) is 3. The molecule has 0 bridgehead atoms. The molecule has 0 atom stereocenters. The number of carbonyl (C=O) groups excluding carboxylic acids is 2. The fraction of sp³-hybridized carbons (Fsp3) is 0.0870. The van der Waals surface area contributed by atoms with E-state index in [1.165, 1.54) is 24.3 Å². The average Bonchev–Trinajstić information content (AvgIpc) is 2.81. The first-order chi connectivity index (χ1) is 15.4. The van der Waals surface area contributed by atoms with Crippen molar-refractivity contribution >= 4 is 23.2 Å². The molecule has 0 aliphatic carbocycles. The molecule has 3 aromatic rings. The van der Waals surface area contributed by atoms with E-state index in [0.717, 1.165) is 0 Å². The van der Waals surface area contributed by atoms with Crippen molar-refractivity contribution in [2.24, 2.45) is 10.2 Å². The molecule has 1 aromatic heterocycles. The van der Waals surface area contributed by atoms with Crippen molar-refractivity contribution < 1.29 is 36.6 Å². The monoisotopic (exact) mass is 490 g/mol. The number of amides is 2. The Labute approximate surface area is 200 Å². The largest absolute Gasteiger partial charge is 2.00 e. The molecule has 0 saturated carbocycles. The van der Waals surface area contributed by atoms with Gasteiger partial charge in [0.2, 0.25) is 0 Å². The molecule has 0 unspecified atom stereocenters. The number of phenolic OH excluding ortho intramolecular Hbond substituents is 2. The fourth-order valence-corrected chi connectivity index (χ4v) is 2.67. The van der Waals surface area contributed by atoms with Crippen molar-refractivity contribution in [2.75, 3.05) is 0 Å². The summed E-state index contributed by atoms with van der Waals surface area (Å²) in [5.74, 6) is -1.39. The number of carbonyl (C=O) groups is 2. The number of aromatic hydroxyl groups is 2. The second-order valence-electron chi connectivity index (χ2n) is 6.72. The summed E-state index contributed by atoms with van der Waals surface area (Å²) in [6.45, 7) is 3.34. The van der Waals surface area contributed by atoms with E-state index < -0.39 is 11.8 Å². The van der Waals surface area contributed by atoms with Crippen LogP contribution in [-0.4, -0.2) is 38.4 Å². The number of para-hydroxylation sites is 2. The maximum Gasteiger partial charge on any atom is 2.00 e. The van der Waals surface area contributed by atoms with Gasteiger partial charge in [-0.05, 0) is 50.2 Å². The predicted octanol–water partition coefficient (Wildman–Crippen LogP) is 2.80. The zero-order valence-corrected chi connectivity index (χ0v) is 18.8. The Kier molecular flexibility index (Phi) is 8.84. The van der Waals surface area contributed by atoms with E-state index in [-0.39, 0.29) is 39.4 Å². The molecule has 0 aliphatic rings. The van der Waals surface area contributed by atoms with Crippen molar-refractivity contribution in [2.45, 2.75) is 13.8 Å². The van der Waals surface area contributed by atoms with Crippen LogP contribution in [-0.2, 0) is 16.8 Å². The van der Waals surface area contributed by atoms with E-state index in [0.29, 0.717) is 22.8 Å². The Bertz CT molecular complexity index is 1140. The van der Waals surface area contributed by atoms with Gasteiger partial charge in [0, 0.05) is 0 Å². The molecule has 1 heterocycles. The van der Waals surface area contributed by atoms with Crippen LogP contribution in [0.1, 0.15) is 46.0 Å². The molecule has 169 valence electrons. The number of nitrogens with one attached hydrogen (secondary N) is 2. The van der Waals surface area contributed by atoms with Gasteiger partial charge in [0.25, 0.3) is 11.8 Å². The summed E-state index contributed by atoms with van der Waals surface area (Å²) in [5.41, 5.74) is 6.83. The number of benzene rings is 2. The van der Waals surface area contributed by atoms with Crippen LogP contribution in [0, 0.1) is 0 Å². The van der Waals surface area contributed by atoms with Crippen LogP contribution >= 0.6 is 0 Å². The Morgan fingerprint density at radius 3 is 1.48 bits per heavy atom. The van der Waals surface area contributed by atoms with Gasteiger partial charge in [-0.1, -0.05) is 30.3 Å². The SMILES string of the molecule is CC(=NNC(=O)c1ccccc1O)c1cccc(C(C)=NNC(=O)c2ccccc2O)n1.[Co+2]. The molecule has 3 rings (SSSR count). The minimum atomic E-state index is -0.553. The van der Waals surface area contributed by atoms with Gasteiger partial charge in [-0.2, -0.15) is 10.2 Å². The second-order valence-corrected chi connectivity index (χ2v) is 6.72. The van der Waals surface area contributed by atoms with Gasteiger partial charge in [-0.3, -0.25) is 9.59 Å². The van der Waals surface area contributed by atoms with Crippen LogP contribution in [0.5, 0.6) is 11.5 Å². The number of rotatable bonds is 6. The minimum Gasteiger partial charge on any atom is -0.507 e. The van der Waals surface area contributed by atoms with Crippen LogP contribution in [0.3, 0.4) is 0 Å². The smallest absolute Gasteiger partial charge is 0.507 e. The number of hydrazone groups is 2. The fourth-order valence-electron chi connectivity index (χ4n) is 2.67. The van der Waals surface area contributed by atoms with Crippen LogP contribution in [0.2, 0.25) is 0 Å². The predicted molar refractivity (Wildman–Crippen MR) is 120 cm³/mol. The third-order valence-electron chi connectivity index (χ3n) is 4.44. The average molecular weight is 490 g/mol. The van der Waals surface area contributed by atoms with E-state index in [4.69, 9.17) is 0 Å². The van der Waals surface area contributed by atoms with Crippen LogP contribution < -0.4 is 10.9 Å². The summed E-state index contributed by atoms with van der Waals surface area (Å²) in [5, 5.41) is 27.6. The number of pyridine rings is 1. The summed E-state index contributed by atoms with van der Waals surface area (Å²) in [6, 6.07) is 17.5. The third kappa shape index (κ3) is 6.48. The normalized spacial score (nSPS) is 11.3. The molecule has 2 aromatic carbocycles. The van der Waals surface area contributed by atoms with E-state index >= 15 is 0 Å². The number of phenols is 2. The zero-order chi connectivity index (χ0) is 23.1. The van der Waals surface area contributed by atoms with Crippen LogP contribution in [0.15, 0.2) is 76.9 Å². The molecular formula is C23H21CoN5O4+2. The van der Waals surface area contributed by atoms with E-state index in [1.807, 2.05) is 0 Å². The summed E-state index contributed by atoms with van der Waals surface area (Å²) in [4.78, 5) is 28.8. The number of hydrogen-bond acceptors (Lipinski definition) is 7. The van der Waals surface area contributed by atoms with E-state index in [2.05, 4.69) is 26.0 Å². The Hall–Kier alpha value is -4.02. The summed E-state index contributed by atoms with van der Waals surface area (Å²) >= 11 is 0. The van der Waals surface area contributed by atoms with Crippen molar-refractivity contribution in [1.82, 2.24) is 15.8 Å². The zero-order valence-electron chi connectivity index (χ0n) is 17.7. The van der Waals surface area contributed by atoms with Crippen LogP contribution in [0.25, 0.3) is 0 Å².